The van der Waals surface area contributed by atoms with Crippen molar-refractivity contribution in [3.8, 4) is 0 Å². The summed E-state index contributed by atoms with van der Waals surface area (Å²) in [5.74, 6) is 2.87. The number of benzene rings is 1. The van der Waals surface area contributed by atoms with Crippen molar-refractivity contribution in [3.63, 3.8) is 0 Å². The Morgan fingerprint density at radius 2 is 2.00 bits per heavy atom. The van der Waals surface area contributed by atoms with Crippen LogP contribution in [0.5, 0.6) is 0 Å². The summed E-state index contributed by atoms with van der Waals surface area (Å²) in [6, 6.07) is 10.5. The quantitative estimate of drug-likeness (QED) is 0.790. The normalized spacial score (nSPS) is 21.0. The molecule has 1 atom stereocenters. The van der Waals surface area contributed by atoms with Gasteiger partial charge in [0.2, 0.25) is 0 Å². The lowest BCUT2D eigenvalue weighted by Crippen LogP contribution is -2.21. The average Bonchev–Trinajstić information content (AvgIpc) is 2.33. The van der Waals surface area contributed by atoms with Gasteiger partial charge in [0.15, 0.2) is 0 Å². The summed E-state index contributed by atoms with van der Waals surface area (Å²) in [6.45, 7) is 0. The molecule has 0 saturated heterocycles. The first-order valence-electron chi connectivity index (χ1n) is 6.00. The van der Waals surface area contributed by atoms with E-state index in [1.807, 2.05) is 17.8 Å². The van der Waals surface area contributed by atoms with Crippen LogP contribution in [0.2, 0.25) is 0 Å². The van der Waals surface area contributed by atoms with Crippen LogP contribution < -0.4 is 0 Å². The van der Waals surface area contributed by atoms with E-state index in [0.29, 0.717) is 11.7 Å². The number of hydrogen-bond acceptors (Lipinski definition) is 2. The minimum absolute atomic E-state index is 0.336. The Kier molecular flexibility index (Phi) is 4.46. The van der Waals surface area contributed by atoms with Crippen LogP contribution in [-0.2, 0) is 10.5 Å². The second kappa shape index (κ2) is 6.09. The molecule has 0 aromatic heterocycles. The molecule has 1 nitrogen and oxygen atoms in total. The SMILES string of the molecule is O=C1CCCCC1CSCc1ccccc1. The first-order valence-corrected chi connectivity index (χ1v) is 7.16. The van der Waals surface area contributed by atoms with E-state index in [2.05, 4.69) is 24.3 Å². The second-order valence-corrected chi connectivity index (χ2v) is 5.44. The van der Waals surface area contributed by atoms with E-state index >= 15 is 0 Å². The van der Waals surface area contributed by atoms with Gasteiger partial charge in [-0.3, -0.25) is 4.79 Å². The highest BCUT2D eigenvalue weighted by Gasteiger charge is 2.21. The van der Waals surface area contributed by atoms with Crippen LogP contribution in [0.15, 0.2) is 30.3 Å². The lowest BCUT2D eigenvalue weighted by molar-refractivity contribution is -0.123. The van der Waals surface area contributed by atoms with E-state index < -0.39 is 0 Å². The van der Waals surface area contributed by atoms with Gasteiger partial charge in [0.05, 0.1) is 0 Å². The summed E-state index contributed by atoms with van der Waals surface area (Å²) in [6.07, 6.45) is 4.28. The van der Waals surface area contributed by atoms with Crippen molar-refractivity contribution >= 4 is 17.5 Å². The maximum atomic E-state index is 11.6. The first-order chi connectivity index (χ1) is 7.86. The lowest BCUT2D eigenvalue weighted by Gasteiger charge is -2.19. The van der Waals surface area contributed by atoms with Crippen LogP contribution in [0.4, 0.5) is 0 Å². The summed E-state index contributed by atoms with van der Waals surface area (Å²) in [5.41, 5.74) is 1.36. The van der Waals surface area contributed by atoms with Crippen LogP contribution in [0.25, 0.3) is 0 Å². The highest BCUT2D eigenvalue weighted by molar-refractivity contribution is 7.98. The van der Waals surface area contributed by atoms with E-state index in [1.54, 1.807) is 0 Å². The van der Waals surface area contributed by atoms with Crippen LogP contribution in [0.3, 0.4) is 0 Å². The third-order valence-corrected chi connectivity index (χ3v) is 4.29. The summed E-state index contributed by atoms with van der Waals surface area (Å²) in [5, 5.41) is 0. The number of hydrogen-bond donors (Lipinski definition) is 0. The van der Waals surface area contributed by atoms with Gasteiger partial charge in [-0.25, -0.2) is 0 Å². The minimum Gasteiger partial charge on any atom is -0.299 e. The van der Waals surface area contributed by atoms with E-state index in [9.17, 15) is 4.79 Å². The van der Waals surface area contributed by atoms with Crippen LogP contribution in [-0.4, -0.2) is 11.5 Å². The fraction of sp³-hybridized carbons (Fsp3) is 0.500. The monoisotopic (exact) mass is 234 g/mol. The number of ketones is 1. The Bertz CT molecular complexity index is 334. The van der Waals surface area contributed by atoms with Gasteiger partial charge in [-0.1, -0.05) is 36.8 Å². The molecule has 1 aromatic carbocycles. The van der Waals surface area contributed by atoms with Gasteiger partial charge in [0, 0.05) is 23.8 Å². The van der Waals surface area contributed by atoms with Crippen molar-refractivity contribution in [2.24, 2.45) is 5.92 Å². The molecule has 0 N–H and O–H groups in total. The van der Waals surface area contributed by atoms with Crippen molar-refractivity contribution < 1.29 is 4.79 Å². The molecular formula is C14H18OS. The first kappa shape index (κ1) is 11.7. The van der Waals surface area contributed by atoms with Crippen molar-refractivity contribution in [1.29, 1.82) is 0 Å². The molecule has 1 aromatic rings. The zero-order valence-electron chi connectivity index (χ0n) is 9.52. The molecule has 86 valence electrons. The van der Waals surface area contributed by atoms with Crippen molar-refractivity contribution in [2.75, 3.05) is 5.75 Å². The topological polar surface area (TPSA) is 17.1 Å². The van der Waals surface area contributed by atoms with Gasteiger partial charge < -0.3 is 0 Å². The Morgan fingerprint density at radius 3 is 2.75 bits per heavy atom. The number of carbonyl (C=O) groups is 1. The summed E-state index contributed by atoms with van der Waals surface area (Å²) >= 11 is 1.90. The third kappa shape index (κ3) is 3.38. The molecule has 1 aliphatic rings. The van der Waals surface area contributed by atoms with Gasteiger partial charge in [-0.2, -0.15) is 11.8 Å². The Balaban J connectivity index is 1.73. The zero-order valence-corrected chi connectivity index (χ0v) is 10.3. The highest BCUT2D eigenvalue weighted by atomic mass is 32.2. The zero-order chi connectivity index (χ0) is 11.2. The van der Waals surface area contributed by atoms with Gasteiger partial charge in [-0.15, -0.1) is 0 Å². The number of carbonyl (C=O) groups excluding carboxylic acids is 1. The number of thioether (sulfide) groups is 1. The van der Waals surface area contributed by atoms with Crippen LogP contribution in [0.1, 0.15) is 31.2 Å². The number of Topliss-reactive ketones (excluding diaryl/α,β-unsaturated/α-hetero) is 1. The van der Waals surface area contributed by atoms with E-state index in [0.717, 1.165) is 30.8 Å². The van der Waals surface area contributed by atoms with E-state index in [-0.39, 0.29) is 0 Å². The molecule has 2 rings (SSSR count). The number of rotatable bonds is 4. The van der Waals surface area contributed by atoms with E-state index in [4.69, 9.17) is 0 Å². The molecule has 1 fully saturated rings. The fourth-order valence-electron chi connectivity index (χ4n) is 2.12. The van der Waals surface area contributed by atoms with Crippen LogP contribution in [0, 0.1) is 5.92 Å². The van der Waals surface area contributed by atoms with Crippen molar-refractivity contribution in [3.05, 3.63) is 35.9 Å². The van der Waals surface area contributed by atoms with Crippen molar-refractivity contribution in [1.82, 2.24) is 0 Å². The molecule has 2 heteroatoms. The fourth-order valence-corrected chi connectivity index (χ4v) is 3.31. The Morgan fingerprint density at radius 1 is 1.19 bits per heavy atom. The summed E-state index contributed by atoms with van der Waals surface area (Å²) in [4.78, 5) is 11.6. The van der Waals surface area contributed by atoms with Gasteiger partial charge in [0.1, 0.15) is 5.78 Å². The molecule has 16 heavy (non-hydrogen) atoms. The highest BCUT2D eigenvalue weighted by Crippen LogP contribution is 2.25. The predicted molar refractivity (Wildman–Crippen MR) is 69.6 cm³/mol. The molecule has 1 saturated carbocycles. The largest absolute Gasteiger partial charge is 0.299 e. The van der Waals surface area contributed by atoms with Crippen molar-refractivity contribution in [2.45, 2.75) is 31.4 Å². The second-order valence-electron chi connectivity index (χ2n) is 4.41. The molecule has 0 radical (unpaired) electrons. The van der Waals surface area contributed by atoms with Gasteiger partial charge in [0.25, 0.3) is 0 Å². The average molecular weight is 234 g/mol. The summed E-state index contributed by atoms with van der Waals surface area (Å²) < 4.78 is 0. The molecule has 0 amide bonds. The molecule has 0 spiro atoms. The predicted octanol–water partition coefficient (Wildman–Crippen LogP) is 3.68. The molecule has 0 heterocycles. The van der Waals surface area contributed by atoms with Crippen LogP contribution >= 0.6 is 11.8 Å². The molecular weight excluding hydrogens is 216 g/mol. The molecule has 1 aliphatic carbocycles. The third-order valence-electron chi connectivity index (χ3n) is 3.11. The molecule has 0 bridgehead atoms. The minimum atomic E-state index is 0.336. The molecule has 1 unspecified atom stereocenters. The Hall–Kier alpha value is -0.760. The van der Waals surface area contributed by atoms with Gasteiger partial charge in [-0.05, 0) is 18.4 Å². The lowest BCUT2D eigenvalue weighted by atomic mass is 9.89. The smallest absolute Gasteiger partial charge is 0.136 e. The van der Waals surface area contributed by atoms with E-state index in [1.165, 1.54) is 12.0 Å². The standard InChI is InChI=1S/C14H18OS/c15-14-9-5-4-8-13(14)11-16-10-12-6-2-1-3-7-12/h1-3,6-7,13H,4-5,8-11H2. The maximum Gasteiger partial charge on any atom is 0.136 e. The maximum absolute atomic E-state index is 11.6. The Labute approximate surface area is 102 Å². The van der Waals surface area contributed by atoms with Gasteiger partial charge >= 0.3 is 0 Å². The molecule has 0 aliphatic heterocycles. The summed E-state index contributed by atoms with van der Waals surface area (Å²) in [7, 11) is 0.